The fraction of sp³-hybridized carbons (Fsp3) is 0.222. The van der Waals surface area contributed by atoms with Crippen molar-refractivity contribution in [1.29, 1.82) is 0 Å². The first kappa shape index (κ1) is 10.5. The summed E-state index contributed by atoms with van der Waals surface area (Å²) >= 11 is 0. The zero-order valence-corrected chi connectivity index (χ0v) is 7.34. The molecule has 0 fully saturated rings. The van der Waals surface area contributed by atoms with Gasteiger partial charge in [0.1, 0.15) is 6.10 Å². The predicted molar refractivity (Wildman–Crippen MR) is 50.1 cm³/mol. The molecule has 0 bridgehead atoms. The lowest BCUT2D eigenvalue weighted by Gasteiger charge is -2.08. The molecule has 0 saturated carbocycles. The minimum absolute atomic E-state index is 0.363. The molecule has 1 amide bonds. The second-order valence-corrected chi connectivity index (χ2v) is 2.75. The maximum atomic E-state index is 10.3. The van der Waals surface area contributed by atoms with Crippen LogP contribution < -0.4 is 5.32 Å². The van der Waals surface area contributed by atoms with Gasteiger partial charge in [-0.3, -0.25) is 5.32 Å². The summed E-state index contributed by atoms with van der Waals surface area (Å²) in [4.78, 5) is 10.3. The maximum absolute atomic E-state index is 10.3. The Bertz CT molecular complexity index is 326. The van der Waals surface area contributed by atoms with E-state index in [4.69, 9.17) is 10.2 Å². The molecular weight excluding hydrogens is 186 g/mol. The van der Waals surface area contributed by atoms with Gasteiger partial charge < -0.3 is 15.3 Å². The first-order valence-corrected chi connectivity index (χ1v) is 4.02. The van der Waals surface area contributed by atoms with Crippen LogP contribution in [0.2, 0.25) is 0 Å². The van der Waals surface area contributed by atoms with Gasteiger partial charge in [-0.25, -0.2) is 4.79 Å². The van der Waals surface area contributed by atoms with Crippen molar-refractivity contribution in [3.63, 3.8) is 0 Å². The molecule has 0 radical (unpaired) electrons. The van der Waals surface area contributed by atoms with Gasteiger partial charge in [0.15, 0.2) is 0 Å². The Morgan fingerprint density at radius 1 is 1.50 bits per heavy atom. The monoisotopic (exact) mass is 197 g/mol. The van der Waals surface area contributed by atoms with E-state index in [1.165, 1.54) is 6.07 Å². The molecule has 0 aliphatic heterocycles. The molecule has 1 rings (SSSR count). The summed E-state index contributed by atoms with van der Waals surface area (Å²) in [6, 6.07) is 6.23. The van der Waals surface area contributed by atoms with E-state index in [0.717, 1.165) is 0 Å². The van der Waals surface area contributed by atoms with Crippen molar-refractivity contribution < 1.29 is 20.1 Å². The van der Waals surface area contributed by atoms with Gasteiger partial charge in [-0.1, -0.05) is 12.1 Å². The molecule has 1 atom stereocenters. The summed E-state index contributed by atoms with van der Waals surface area (Å²) in [5.74, 6) is 0. The average molecular weight is 197 g/mol. The normalized spacial score (nSPS) is 12.1. The van der Waals surface area contributed by atoms with Gasteiger partial charge in [-0.05, 0) is 17.7 Å². The van der Waals surface area contributed by atoms with E-state index in [1.807, 2.05) is 0 Å². The standard InChI is InChI=1S/C9H11NO4/c11-5-8(12)6-2-1-3-7(4-6)10-9(13)14/h1-4,8,10-12H,5H2,(H,13,14). The largest absolute Gasteiger partial charge is 0.465 e. The molecule has 1 aromatic carbocycles. The lowest BCUT2D eigenvalue weighted by atomic mass is 10.1. The van der Waals surface area contributed by atoms with E-state index in [9.17, 15) is 9.90 Å². The van der Waals surface area contributed by atoms with Crippen LogP contribution in [0.3, 0.4) is 0 Å². The number of aliphatic hydroxyl groups excluding tert-OH is 2. The molecule has 1 aromatic rings. The Balaban J connectivity index is 2.83. The molecule has 0 heterocycles. The zero-order valence-electron chi connectivity index (χ0n) is 7.34. The quantitative estimate of drug-likeness (QED) is 0.577. The number of amides is 1. The summed E-state index contributed by atoms with van der Waals surface area (Å²) in [7, 11) is 0. The number of rotatable bonds is 3. The number of benzene rings is 1. The third-order valence-corrected chi connectivity index (χ3v) is 1.70. The van der Waals surface area contributed by atoms with Crippen molar-refractivity contribution in [1.82, 2.24) is 0 Å². The Hall–Kier alpha value is -1.59. The van der Waals surface area contributed by atoms with Gasteiger partial charge in [-0.15, -0.1) is 0 Å². The maximum Gasteiger partial charge on any atom is 0.409 e. The van der Waals surface area contributed by atoms with Crippen LogP contribution in [0, 0.1) is 0 Å². The number of nitrogens with one attached hydrogen (secondary N) is 1. The zero-order chi connectivity index (χ0) is 10.6. The summed E-state index contributed by atoms with van der Waals surface area (Å²) in [6.07, 6.45) is -2.15. The van der Waals surface area contributed by atoms with Gasteiger partial charge in [0.2, 0.25) is 0 Å². The van der Waals surface area contributed by atoms with Crippen LogP contribution in [0.1, 0.15) is 11.7 Å². The highest BCUT2D eigenvalue weighted by Crippen LogP contribution is 2.16. The first-order chi connectivity index (χ1) is 6.63. The number of anilines is 1. The molecular formula is C9H11NO4. The molecule has 76 valence electrons. The number of hydrogen-bond acceptors (Lipinski definition) is 3. The second-order valence-electron chi connectivity index (χ2n) is 2.75. The molecule has 1 unspecified atom stereocenters. The van der Waals surface area contributed by atoms with Crippen LogP contribution in [-0.2, 0) is 0 Å². The topological polar surface area (TPSA) is 89.8 Å². The van der Waals surface area contributed by atoms with Crippen LogP contribution in [0.15, 0.2) is 24.3 Å². The Kier molecular flexibility index (Phi) is 3.44. The molecule has 0 saturated heterocycles. The van der Waals surface area contributed by atoms with E-state index in [2.05, 4.69) is 5.32 Å². The van der Waals surface area contributed by atoms with Gasteiger partial charge in [0.25, 0.3) is 0 Å². The van der Waals surface area contributed by atoms with Gasteiger partial charge in [-0.2, -0.15) is 0 Å². The summed E-state index contributed by atoms with van der Waals surface area (Å²) in [5, 5.41) is 28.5. The van der Waals surface area contributed by atoms with Crippen LogP contribution in [0.25, 0.3) is 0 Å². The van der Waals surface area contributed by atoms with Crippen LogP contribution >= 0.6 is 0 Å². The number of hydrogen-bond donors (Lipinski definition) is 4. The molecule has 0 aromatic heterocycles. The summed E-state index contributed by atoms with van der Waals surface area (Å²) in [5.41, 5.74) is 0.834. The van der Waals surface area contributed by atoms with E-state index in [-0.39, 0.29) is 0 Å². The molecule has 4 N–H and O–H groups in total. The molecule has 0 spiro atoms. The minimum Gasteiger partial charge on any atom is -0.465 e. The van der Waals surface area contributed by atoms with Crippen molar-refractivity contribution in [2.45, 2.75) is 6.10 Å². The molecule has 0 aliphatic carbocycles. The average Bonchev–Trinajstić information content (AvgIpc) is 2.16. The van der Waals surface area contributed by atoms with Crippen molar-refractivity contribution in [3.8, 4) is 0 Å². The van der Waals surface area contributed by atoms with Crippen molar-refractivity contribution >= 4 is 11.8 Å². The lowest BCUT2D eigenvalue weighted by molar-refractivity contribution is 0.0956. The highest BCUT2D eigenvalue weighted by molar-refractivity contribution is 5.82. The highest BCUT2D eigenvalue weighted by atomic mass is 16.4. The predicted octanol–water partition coefficient (Wildman–Crippen LogP) is 0.802. The van der Waals surface area contributed by atoms with E-state index >= 15 is 0 Å². The minimum atomic E-state index is -1.17. The van der Waals surface area contributed by atoms with E-state index in [1.54, 1.807) is 18.2 Å². The summed E-state index contributed by atoms with van der Waals surface area (Å²) in [6.45, 7) is -0.392. The van der Waals surface area contributed by atoms with Gasteiger partial charge >= 0.3 is 6.09 Å². The number of aliphatic hydroxyl groups is 2. The second kappa shape index (κ2) is 4.59. The lowest BCUT2D eigenvalue weighted by Crippen LogP contribution is -2.08. The Morgan fingerprint density at radius 3 is 2.79 bits per heavy atom. The Labute approximate surface area is 80.6 Å². The molecule has 14 heavy (non-hydrogen) atoms. The number of carboxylic acid groups (broad SMARTS) is 1. The fourth-order valence-electron chi connectivity index (χ4n) is 1.05. The fourth-order valence-corrected chi connectivity index (χ4v) is 1.05. The van der Waals surface area contributed by atoms with Gasteiger partial charge in [0.05, 0.1) is 6.61 Å². The Morgan fingerprint density at radius 2 is 2.21 bits per heavy atom. The SMILES string of the molecule is O=C(O)Nc1cccc(C(O)CO)c1. The third-order valence-electron chi connectivity index (χ3n) is 1.70. The molecule has 5 heteroatoms. The van der Waals surface area contributed by atoms with Crippen LogP contribution in [0.4, 0.5) is 10.5 Å². The van der Waals surface area contributed by atoms with E-state index < -0.39 is 18.8 Å². The van der Waals surface area contributed by atoms with Crippen LogP contribution in [0.5, 0.6) is 0 Å². The highest BCUT2D eigenvalue weighted by Gasteiger charge is 2.06. The van der Waals surface area contributed by atoms with Crippen molar-refractivity contribution in [3.05, 3.63) is 29.8 Å². The third kappa shape index (κ3) is 2.72. The smallest absolute Gasteiger partial charge is 0.409 e. The van der Waals surface area contributed by atoms with Crippen molar-refractivity contribution in [2.75, 3.05) is 11.9 Å². The van der Waals surface area contributed by atoms with Crippen LogP contribution in [-0.4, -0.2) is 28.0 Å². The number of carbonyl (C=O) groups is 1. The molecule has 0 aliphatic rings. The van der Waals surface area contributed by atoms with E-state index in [0.29, 0.717) is 11.3 Å². The molecule has 5 nitrogen and oxygen atoms in total. The summed E-state index contributed by atoms with van der Waals surface area (Å²) < 4.78 is 0. The van der Waals surface area contributed by atoms with Gasteiger partial charge in [0, 0.05) is 5.69 Å². The van der Waals surface area contributed by atoms with Crippen molar-refractivity contribution in [2.24, 2.45) is 0 Å². The first-order valence-electron chi connectivity index (χ1n) is 4.02.